The number of aryl methyl sites for hydroxylation is 3. The summed E-state index contributed by atoms with van der Waals surface area (Å²) in [5.41, 5.74) is 15.8. The largest absolute Gasteiger partial charge is 2.00 e. The van der Waals surface area contributed by atoms with Crippen molar-refractivity contribution in [3.8, 4) is 0 Å². The third-order valence-electron chi connectivity index (χ3n) is 5.85. The Hall–Kier alpha value is -1.55. The predicted molar refractivity (Wildman–Crippen MR) is 158 cm³/mol. The number of allylic oxidation sites excluding steroid dienone is 4. The van der Waals surface area contributed by atoms with Crippen LogP contribution in [0, 0.1) is 32.8 Å². The molecule has 1 nitrogen and oxygen atoms in total. The molecule has 0 heterocycles. The summed E-state index contributed by atoms with van der Waals surface area (Å²) in [6, 6.07) is 25.4. The summed E-state index contributed by atoms with van der Waals surface area (Å²) in [6.07, 6.45) is 3.36. The topological polar surface area (TPSA) is 23.8 Å². The monoisotopic (exact) mass is 558 g/mol. The van der Waals surface area contributed by atoms with Crippen LogP contribution in [0.25, 0.3) is 5.73 Å². The van der Waals surface area contributed by atoms with E-state index in [2.05, 4.69) is 101 Å². The molecule has 1 atom stereocenters. The average Bonchev–Trinajstić information content (AvgIpc) is 2.99. The van der Waals surface area contributed by atoms with Gasteiger partial charge in [-0.3, -0.25) is 6.08 Å². The molecule has 3 aromatic rings. The fourth-order valence-electron chi connectivity index (χ4n) is 3.63. The molecule has 1 aliphatic carbocycles. The van der Waals surface area contributed by atoms with Crippen molar-refractivity contribution in [3.05, 3.63) is 118 Å². The molecule has 0 saturated carbocycles. The van der Waals surface area contributed by atoms with Crippen molar-refractivity contribution in [2.24, 2.45) is 5.92 Å². The van der Waals surface area contributed by atoms with E-state index >= 15 is 0 Å². The molecule has 185 valence electrons. The van der Waals surface area contributed by atoms with Gasteiger partial charge in [0, 0.05) is 0 Å². The van der Waals surface area contributed by atoms with Crippen molar-refractivity contribution in [3.63, 3.8) is 0 Å². The van der Waals surface area contributed by atoms with E-state index in [9.17, 15) is 0 Å². The average molecular weight is 560 g/mol. The van der Waals surface area contributed by atoms with Gasteiger partial charge in [0.05, 0.1) is 0 Å². The number of hydrogen-bond acceptors (Lipinski definition) is 0. The Morgan fingerprint density at radius 2 is 1.11 bits per heavy atom. The van der Waals surface area contributed by atoms with Crippen LogP contribution in [-0.4, -0.2) is 9.52 Å². The molecule has 0 spiro atoms. The van der Waals surface area contributed by atoms with Gasteiger partial charge in [-0.15, -0.1) is 37.4 Å². The summed E-state index contributed by atoms with van der Waals surface area (Å²) in [7, 11) is 0.271. The van der Waals surface area contributed by atoms with E-state index < -0.39 is 0 Å². The van der Waals surface area contributed by atoms with E-state index in [0.717, 1.165) is 11.1 Å². The van der Waals surface area contributed by atoms with Crippen molar-refractivity contribution in [2.75, 3.05) is 0 Å². The number of hydrogen-bond donors (Lipinski definition) is 0. The number of rotatable bonds is 2. The van der Waals surface area contributed by atoms with Gasteiger partial charge < -0.3 is 5.73 Å². The van der Waals surface area contributed by atoms with Gasteiger partial charge in [-0.25, -0.2) is 5.57 Å². The number of nitrogens with one attached hydrogen (secondary N) is 1. The first-order chi connectivity index (χ1) is 15.2. The first-order valence-electron chi connectivity index (χ1n) is 11.2. The second-order valence-electron chi connectivity index (χ2n) is 8.54. The van der Waals surface area contributed by atoms with Gasteiger partial charge in [0.2, 0.25) is 0 Å². The van der Waals surface area contributed by atoms with E-state index in [-0.39, 0.29) is 56.1 Å². The van der Waals surface area contributed by atoms with Crippen LogP contribution < -0.4 is 10.4 Å². The third-order valence-corrected chi connectivity index (χ3v) is 7.28. The second-order valence-corrected chi connectivity index (χ2v) is 10.2. The number of halogens is 2. The van der Waals surface area contributed by atoms with Gasteiger partial charge in [0.1, 0.15) is 9.52 Å². The van der Waals surface area contributed by atoms with Crippen molar-refractivity contribution in [2.45, 2.75) is 48.5 Å². The van der Waals surface area contributed by atoms with Gasteiger partial charge in [-0.1, -0.05) is 127 Å². The Morgan fingerprint density at radius 1 is 0.714 bits per heavy atom. The van der Waals surface area contributed by atoms with Crippen molar-refractivity contribution in [1.82, 2.24) is 0 Å². The maximum absolute atomic E-state index is 7.54. The summed E-state index contributed by atoms with van der Waals surface area (Å²) in [5.74, 6) is 0.560. The molecule has 0 bridgehead atoms. The van der Waals surface area contributed by atoms with Crippen LogP contribution in [0.3, 0.4) is 0 Å². The Bertz CT molecular complexity index is 1020. The zero-order valence-electron chi connectivity index (χ0n) is 21.9. The SMILES string of the molecule is CC1=[C-]C(C)C(C)=C1C.Cc1cc(C)c([NH-])c(C)c1.Cl.Cl.[Ti+2].c1ccc([SiH]c2ccccc2)cc1. The second kappa shape index (κ2) is 17.8. The van der Waals surface area contributed by atoms with E-state index in [4.69, 9.17) is 5.73 Å². The van der Waals surface area contributed by atoms with Gasteiger partial charge in [0.25, 0.3) is 0 Å². The Labute approximate surface area is 243 Å². The normalized spacial score (nSPS) is 13.5. The smallest absolute Gasteiger partial charge is 0.698 e. The molecule has 1 radical (unpaired) electrons. The third kappa shape index (κ3) is 11.8. The summed E-state index contributed by atoms with van der Waals surface area (Å²) < 4.78 is 0. The Morgan fingerprint density at radius 3 is 1.40 bits per heavy atom. The van der Waals surface area contributed by atoms with E-state index in [1.54, 1.807) is 0 Å². The molecule has 1 aliphatic rings. The summed E-state index contributed by atoms with van der Waals surface area (Å²) in [4.78, 5) is 0. The van der Waals surface area contributed by atoms with Crippen molar-refractivity contribution < 1.29 is 21.7 Å². The molecule has 1 unspecified atom stereocenters. The maximum atomic E-state index is 7.54. The molecule has 3 aromatic carbocycles. The molecule has 0 fully saturated rings. The molecule has 0 saturated heterocycles. The predicted octanol–water partition coefficient (Wildman–Crippen LogP) is 7.93. The molecule has 5 heteroatoms. The number of benzene rings is 3. The van der Waals surface area contributed by atoms with Gasteiger partial charge in [0.15, 0.2) is 0 Å². The van der Waals surface area contributed by atoms with Crippen molar-refractivity contribution in [1.29, 1.82) is 0 Å². The first-order valence-corrected chi connectivity index (χ1v) is 12.4. The zero-order valence-corrected chi connectivity index (χ0v) is 26.2. The Kier molecular flexibility index (Phi) is 18.1. The first kappa shape index (κ1) is 35.6. The van der Waals surface area contributed by atoms with Gasteiger partial charge >= 0.3 is 21.7 Å². The minimum absolute atomic E-state index is 0. The summed E-state index contributed by atoms with van der Waals surface area (Å²) >= 11 is 0. The van der Waals surface area contributed by atoms with Gasteiger partial charge in [-0.2, -0.15) is 11.1 Å². The molecular weight excluding hydrogens is 521 g/mol. The molecule has 0 amide bonds. The van der Waals surface area contributed by atoms with Crippen LogP contribution in [0.15, 0.2) is 89.5 Å². The van der Waals surface area contributed by atoms with E-state index in [1.807, 2.05) is 26.0 Å². The molecular formula is C30H38Cl2NSiTi. The quantitative estimate of drug-likeness (QED) is 0.225. The molecule has 0 aliphatic heterocycles. The van der Waals surface area contributed by atoms with Crippen molar-refractivity contribution >= 4 is 50.4 Å². The molecule has 35 heavy (non-hydrogen) atoms. The molecule has 4 rings (SSSR count). The van der Waals surface area contributed by atoms with Crippen LogP contribution in [0.5, 0.6) is 0 Å². The van der Waals surface area contributed by atoms with Crippen LogP contribution in [0.2, 0.25) is 0 Å². The Balaban J connectivity index is 0. The van der Waals surface area contributed by atoms with E-state index in [0.29, 0.717) is 11.6 Å². The molecule has 1 N–H and O–H groups in total. The standard InChI is InChI=1S/C12H11Si.C9H12N.C9H13.2ClH.Ti/c1-3-7-11(8-4-1)13-12-9-5-2-6-10-12;1-6-4-7(2)9(10)8(3)5-6;1-6-5-7(2)9(4)8(6)3;;;/h1-10,13H;4-5,10H,1-3H3;6H,1-4H3;2*1H;/q;2*-1;;;+2. The minimum Gasteiger partial charge on any atom is -0.698 e. The fourth-order valence-corrected chi connectivity index (χ4v) is 4.85. The zero-order chi connectivity index (χ0) is 23.7. The van der Waals surface area contributed by atoms with Crippen LogP contribution in [-0.2, 0) is 21.7 Å². The maximum Gasteiger partial charge on any atom is 2.00 e. The minimum atomic E-state index is 0. The fraction of sp³-hybridized carbons (Fsp3) is 0.267. The van der Waals surface area contributed by atoms with Crippen LogP contribution in [0.1, 0.15) is 44.4 Å². The summed E-state index contributed by atoms with van der Waals surface area (Å²) in [6.45, 7) is 14.7. The molecule has 0 aromatic heterocycles. The van der Waals surface area contributed by atoms with E-state index in [1.165, 1.54) is 32.7 Å². The van der Waals surface area contributed by atoms with Crippen LogP contribution in [0.4, 0.5) is 5.69 Å². The summed E-state index contributed by atoms with van der Waals surface area (Å²) in [5, 5.41) is 2.90. The van der Waals surface area contributed by atoms with Gasteiger partial charge in [-0.05, 0) is 20.8 Å². The van der Waals surface area contributed by atoms with Crippen LogP contribution >= 0.6 is 24.8 Å².